The van der Waals surface area contributed by atoms with Crippen LogP contribution in [0, 0.1) is 5.82 Å². The van der Waals surface area contributed by atoms with Crippen molar-refractivity contribution in [1.29, 1.82) is 0 Å². The van der Waals surface area contributed by atoms with Gasteiger partial charge in [-0.25, -0.2) is 9.18 Å². The van der Waals surface area contributed by atoms with Gasteiger partial charge in [0.25, 0.3) is 0 Å². The molecule has 132 valence electrons. The number of hydrogen-bond donors (Lipinski definition) is 0. The summed E-state index contributed by atoms with van der Waals surface area (Å²) in [5.74, 6) is -0.189. The minimum absolute atomic E-state index is 0.220. The van der Waals surface area contributed by atoms with Crippen LogP contribution in [-0.2, 0) is 9.59 Å². The third kappa shape index (κ3) is 4.99. The van der Waals surface area contributed by atoms with Crippen LogP contribution in [0.2, 0.25) is 0 Å². The number of allylic oxidation sites excluding steroid dienone is 1. The van der Waals surface area contributed by atoms with Crippen molar-refractivity contribution in [2.75, 3.05) is 0 Å². The molecule has 0 heterocycles. The van der Waals surface area contributed by atoms with Gasteiger partial charge in [-0.1, -0.05) is 24.3 Å². The van der Waals surface area contributed by atoms with E-state index in [1.165, 1.54) is 18.2 Å². The molecular formula is C22H19FO3. The number of halogens is 1. The van der Waals surface area contributed by atoms with Gasteiger partial charge in [0.1, 0.15) is 11.6 Å². The molecule has 0 N–H and O–H groups in total. The van der Waals surface area contributed by atoms with Crippen LogP contribution in [0.1, 0.15) is 36.8 Å². The zero-order valence-corrected chi connectivity index (χ0v) is 14.3. The molecule has 26 heavy (non-hydrogen) atoms. The molecule has 0 bridgehead atoms. The highest BCUT2D eigenvalue weighted by Gasteiger charge is 2.14. The second-order valence-corrected chi connectivity index (χ2v) is 6.17. The Kier molecular flexibility index (Phi) is 5.74. The first-order valence-electron chi connectivity index (χ1n) is 8.59. The van der Waals surface area contributed by atoms with Crippen LogP contribution in [0.5, 0.6) is 5.75 Å². The van der Waals surface area contributed by atoms with E-state index in [9.17, 15) is 14.0 Å². The molecule has 1 aliphatic rings. The molecule has 1 fully saturated rings. The first-order valence-corrected chi connectivity index (χ1v) is 8.59. The predicted molar refractivity (Wildman–Crippen MR) is 99.0 cm³/mol. The number of rotatable bonds is 4. The molecule has 0 unspecified atom stereocenters. The lowest BCUT2D eigenvalue weighted by molar-refractivity contribution is -0.128. The summed E-state index contributed by atoms with van der Waals surface area (Å²) in [4.78, 5) is 23.7. The molecule has 3 rings (SSSR count). The third-order valence-electron chi connectivity index (χ3n) is 4.18. The summed E-state index contributed by atoms with van der Waals surface area (Å²) in [7, 11) is 0. The zero-order chi connectivity index (χ0) is 18.4. The van der Waals surface area contributed by atoms with Crippen LogP contribution in [0.25, 0.3) is 12.2 Å². The molecule has 2 aromatic rings. The second-order valence-electron chi connectivity index (χ2n) is 6.17. The Bertz CT molecular complexity index is 846. The van der Waals surface area contributed by atoms with Crippen molar-refractivity contribution < 1.29 is 18.7 Å². The molecule has 0 saturated heterocycles. The van der Waals surface area contributed by atoms with Crippen molar-refractivity contribution in [3.63, 3.8) is 0 Å². The Labute approximate surface area is 151 Å². The monoisotopic (exact) mass is 350 g/mol. The van der Waals surface area contributed by atoms with Gasteiger partial charge in [0, 0.05) is 12.5 Å². The molecule has 0 aliphatic heterocycles. The van der Waals surface area contributed by atoms with Gasteiger partial charge >= 0.3 is 5.97 Å². The fraction of sp³-hybridized carbons (Fsp3) is 0.182. The lowest BCUT2D eigenvalue weighted by Gasteiger charge is -2.12. The van der Waals surface area contributed by atoms with Crippen LogP contribution in [0.4, 0.5) is 4.39 Å². The number of esters is 1. The predicted octanol–water partition coefficient (Wildman–Crippen LogP) is 4.97. The number of carbonyl (C=O) groups excluding carboxylic acids is 2. The largest absolute Gasteiger partial charge is 0.423 e. The molecule has 0 amide bonds. The zero-order valence-electron chi connectivity index (χ0n) is 14.3. The average Bonchev–Trinajstić information content (AvgIpc) is 2.65. The summed E-state index contributed by atoms with van der Waals surface area (Å²) in [5, 5.41) is 0. The highest BCUT2D eigenvalue weighted by atomic mass is 19.1. The average molecular weight is 350 g/mol. The van der Waals surface area contributed by atoms with Gasteiger partial charge in [-0.3, -0.25) is 4.79 Å². The topological polar surface area (TPSA) is 43.4 Å². The normalized spacial score (nSPS) is 16.2. The summed E-state index contributed by atoms with van der Waals surface area (Å²) >= 11 is 0. The van der Waals surface area contributed by atoms with Crippen molar-refractivity contribution in [1.82, 2.24) is 0 Å². The summed E-state index contributed by atoms with van der Waals surface area (Å²) in [6.07, 6.45) is 8.23. The summed E-state index contributed by atoms with van der Waals surface area (Å²) in [5.41, 5.74) is 2.49. The van der Waals surface area contributed by atoms with E-state index in [1.807, 2.05) is 18.2 Å². The lowest BCUT2D eigenvalue weighted by atomic mass is 9.92. The maximum Gasteiger partial charge on any atom is 0.336 e. The number of carbonyl (C=O) groups is 2. The van der Waals surface area contributed by atoms with Crippen LogP contribution >= 0.6 is 0 Å². The van der Waals surface area contributed by atoms with Crippen molar-refractivity contribution in [3.05, 3.63) is 77.1 Å². The number of ketones is 1. The third-order valence-corrected chi connectivity index (χ3v) is 4.18. The van der Waals surface area contributed by atoms with E-state index in [-0.39, 0.29) is 11.6 Å². The van der Waals surface area contributed by atoms with Gasteiger partial charge in [-0.15, -0.1) is 0 Å². The number of ether oxygens (including phenoxy) is 1. The van der Waals surface area contributed by atoms with Gasteiger partial charge in [0.15, 0.2) is 5.78 Å². The van der Waals surface area contributed by atoms with Crippen molar-refractivity contribution in [2.45, 2.75) is 25.7 Å². The Morgan fingerprint density at radius 2 is 1.58 bits per heavy atom. The van der Waals surface area contributed by atoms with E-state index in [0.717, 1.165) is 30.4 Å². The molecule has 0 spiro atoms. The molecule has 1 saturated carbocycles. The molecular weight excluding hydrogens is 331 g/mol. The molecule has 0 aromatic heterocycles. The van der Waals surface area contributed by atoms with Crippen LogP contribution in [-0.4, -0.2) is 11.8 Å². The molecule has 0 atom stereocenters. The van der Waals surface area contributed by atoms with E-state index in [2.05, 4.69) is 0 Å². The van der Waals surface area contributed by atoms with Gasteiger partial charge in [-0.2, -0.15) is 0 Å². The molecule has 0 radical (unpaired) electrons. The lowest BCUT2D eigenvalue weighted by Crippen LogP contribution is -2.08. The van der Waals surface area contributed by atoms with E-state index < -0.39 is 5.97 Å². The second kappa shape index (κ2) is 8.39. The first kappa shape index (κ1) is 17.8. The van der Waals surface area contributed by atoms with Crippen LogP contribution in [0.3, 0.4) is 0 Å². The van der Waals surface area contributed by atoms with E-state index in [4.69, 9.17) is 4.74 Å². The quantitative estimate of drug-likeness (QED) is 0.444. The summed E-state index contributed by atoms with van der Waals surface area (Å²) in [6.45, 7) is 0. The van der Waals surface area contributed by atoms with Crippen molar-refractivity contribution >= 4 is 23.9 Å². The number of benzene rings is 2. The minimum atomic E-state index is -0.511. The van der Waals surface area contributed by atoms with Crippen molar-refractivity contribution in [2.24, 2.45) is 0 Å². The standard InChI is InChI=1S/C22H19FO3/c23-19-10-5-16(6-11-19)9-14-22(25)26-20-12-7-17(8-13-20)15-18-3-1-2-4-21(18)24/h5-15H,1-4H2/b14-9+,18-15-. The number of Topliss-reactive ketones (excluding diaryl/α,β-unsaturated/α-hetero) is 1. The van der Waals surface area contributed by atoms with Gasteiger partial charge in [0.05, 0.1) is 0 Å². The van der Waals surface area contributed by atoms with E-state index >= 15 is 0 Å². The Morgan fingerprint density at radius 1 is 0.923 bits per heavy atom. The molecule has 3 nitrogen and oxygen atoms in total. The highest BCUT2D eigenvalue weighted by molar-refractivity contribution is 6.00. The SMILES string of the molecule is O=C(/C=C/c1ccc(F)cc1)Oc1ccc(/C=C2/CCCCC2=O)cc1. The van der Waals surface area contributed by atoms with Gasteiger partial charge in [0.2, 0.25) is 0 Å². The smallest absolute Gasteiger partial charge is 0.336 e. The van der Waals surface area contributed by atoms with E-state index in [1.54, 1.807) is 30.3 Å². The Balaban J connectivity index is 1.60. The molecule has 4 heteroatoms. The Hall–Kier alpha value is -3.01. The van der Waals surface area contributed by atoms with Crippen LogP contribution < -0.4 is 4.74 Å². The highest BCUT2D eigenvalue weighted by Crippen LogP contribution is 2.23. The fourth-order valence-electron chi connectivity index (χ4n) is 2.78. The van der Waals surface area contributed by atoms with Crippen molar-refractivity contribution in [3.8, 4) is 5.75 Å². The minimum Gasteiger partial charge on any atom is -0.423 e. The Morgan fingerprint density at radius 3 is 2.27 bits per heavy atom. The first-order chi connectivity index (χ1) is 12.6. The van der Waals surface area contributed by atoms with Crippen LogP contribution in [0.15, 0.2) is 60.2 Å². The maximum atomic E-state index is 12.8. The van der Waals surface area contributed by atoms with Gasteiger partial charge < -0.3 is 4.74 Å². The van der Waals surface area contributed by atoms with E-state index in [0.29, 0.717) is 17.7 Å². The fourth-order valence-corrected chi connectivity index (χ4v) is 2.78. The summed E-state index contributed by atoms with van der Waals surface area (Å²) < 4.78 is 18.1. The summed E-state index contributed by atoms with van der Waals surface area (Å²) in [6, 6.07) is 12.8. The molecule has 1 aliphatic carbocycles. The number of hydrogen-bond acceptors (Lipinski definition) is 3. The maximum absolute atomic E-state index is 12.8. The molecule has 2 aromatic carbocycles. The van der Waals surface area contributed by atoms with Gasteiger partial charge in [-0.05, 0) is 72.4 Å².